The average molecular weight is 458 g/mol. The van der Waals surface area contributed by atoms with E-state index in [0.29, 0.717) is 27.7 Å². The molecule has 2 aromatic carbocycles. The van der Waals surface area contributed by atoms with Crippen molar-refractivity contribution < 1.29 is 19.4 Å². The van der Waals surface area contributed by atoms with Crippen LogP contribution in [0.3, 0.4) is 0 Å². The number of carbonyl (C=O) groups excluding carboxylic acids is 1. The molecule has 6 heteroatoms. The zero-order valence-corrected chi connectivity index (χ0v) is 18.6. The second-order valence-corrected chi connectivity index (χ2v) is 7.88. The molecule has 152 valence electrons. The lowest BCUT2D eigenvalue weighted by Crippen LogP contribution is -2.09. The number of aromatic nitrogens is 1. The van der Waals surface area contributed by atoms with Crippen molar-refractivity contribution >= 4 is 32.7 Å². The molecule has 0 aliphatic rings. The lowest BCUT2D eigenvalue weighted by molar-refractivity contribution is 0.0489. The van der Waals surface area contributed by atoms with Gasteiger partial charge in [0.2, 0.25) is 0 Å². The average Bonchev–Trinajstić information content (AvgIpc) is 2.67. The first-order valence-electron chi connectivity index (χ1n) is 9.56. The predicted molar refractivity (Wildman–Crippen MR) is 117 cm³/mol. The summed E-state index contributed by atoms with van der Waals surface area (Å²) in [6.45, 7) is 8.34. The topological polar surface area (TPSA) is 68.7 Å². The summed E-state index contributed by atoms with van der Waals surface area (Å²) < 4.78 is 11.8. The summed E-state index contributed by atoms with van der Waals surface area (Å²) >= 11 is 3.38. The lowest BCUT2D eigenvalue weighted by atomic mass is 10.1. The molecular weight excluding hydrogens is 434 g/mol. The number of benzene rings is 2. The summed E-state index contributed by atoms with van der Waals surface area (Å²) in [5.74, 6) is 0.482. The number of esters is 1. The Morgan fingerprint density at radius 2 is 1.79 bits per heavy atom. The van der Waals surface area contributed by atoms with E-state index in [1.165, 1.54) is 5.56 Å². The van der Waals surface area contributed by atoms with Gasteiger partial charge < -0.3 is 14.6 Å². The zero-order valence-electron chi connectivity index (χ0n) is 17.0. The lowest BCUT2D eigenvalue weighted by Gasteiger charge is -2.14. The SMILES string of the molecule is CCCCOC(=O)c1nc(Br)c2ccc(Oc3c(C)cc(C)cc3C)cc2c1O. The van der Waals surface area contributed by atoms with Crippen LogP contribution in [0.1, 0.15) is 46.9 Å². The second kappa shape index (κ2) is 8.82. The monoisotopic (exact) mass is 457 g/mol. The van der Waals surface area contributed by atoms with Crippen molar-refractivity contribution in [1.82, 2.24) is 4.98 Å². The number of hydrogen-bond donors (Lipinski definition) is 1. The van der Waals surface area contributed by atoms with Crippen molar-refractivity contribution in [3.05, 3.63) is 57.3 Å². The van der Waals surface area contributed by atoms with Crippen LogP contribution < -0.4 is 4.74 Å². The van der Waals surface area contributed by atoms with E-state index in [1.807, 2.05) is 33.8 Å². The molecule has 0 atom stereocenters. The molecule has 3 rings (SSSR count). The normalized spacial score (nSPS) is 10.9. The maximum absolute atomic E-state index is 12.3. The quantitative estimate of drug-likeness (QED) is 0.264. The summed E-state index contributed by atoms with van der Waals surface area (Å²) in [6, 6.07) is 9.44. The van der Waals surface area contributed by atoms with Crippen molar-refractivity contribution in [2.45, 2.75) is 40.5 Å². The third kappa shape index (κ3) is 4.53. The number of aryl methyl sites for hydroxylation is 3. The molecule has 0 spiro atoms. The molecule has 0 amide bonds. The van der Waals surface area contributed by atoms with Crippen molar-refractivity contribution in [3.63, 3.8) is 0 Å². The highest BCUT2D eigenvalue weighted by molar-refractivity contribution is 9.10. The highest BCUT2D eigenvalue weighted by Gasteiger charge is 2.20. The number of unbranched alkanes of at least 4 members (excludes halogenated alkanes) is 1. The van der Waals surface area contributed by atoms with Crippen molar-refractivity contribution in [3.8, 4) is 17.2 Å². The number of carbonyl (C=O) groups is 1. The standard InChI is InChI=1S/C23H24BrNO4/c1-5-6-9-28-23(27)19-20(26)18-12-16(7-8-17(18)22(24)25-19)29-21-14(3)10-13(2)11-15(21)4/h7-8,10-12,26H,5-6,9H2,1-4H3. The predicted octanol–water partition coefficient (Wildman–Crippen LogP) is 6.38. The van der Waals surface area contributed by atoms with Crippen LogP contribution in [0.25, 0.3) is 10.8 Å². The Hall–Kier alpha value is -2.60. The minimum absolute atomic E-state index is 0.111. The molecule has 0 saturated carbocycles. The molecule has 29 heavy (non-hydrogen) atoms. The van der Waals surface area contributed by atoms with Gasteiger partial charge in [-0.2, -0.15) is 0 Å². The maximum Gasteiger partial charge on any atom is 0.360 e. The highest BCUT2D eigenvalue weighted by Crippen LogP contribution is 2.37. The minimum atomic E-state index is -0.643. The number of pyridine rings is 1. The van der Waals surface area contributed by atoms with Crippen LogP contribution in [0.2, 0.25) is 0 Å². The van der Waals surface area contributed by atoms with Crippen LogP contribution in [0.5, 0.6) is 17.2 Å². The van der Waals surface area contributed by atoms with Crippen LogP contribution in [0.15, 0.2) is 34.9 Å². The molecule has 3 aromatic rings. The van der Waals surface area contributed by atoms with E-state index in [-0.39, 0.29) is 11.4 Å². The summed E-state index contributed by atoms with van der Waals surface area (Å²) in [4.78, 5) is 16.5. The fraction of sp³-hybridized carbons (Fsp3) is 0.304. The van der Waals surface area contributed by atoms with E-state index < -0.39 is 5.97 Å². The van der Waals surface area contributed by atoms with E-state index in [2.05, 4.69) is 33.0 Å². The van der Waals surface area contributed by atoms with Gasteiger partial charge in [-0.1, -0.05) is 31.0 Å². The maximum atomic E-state index is 12.3. The molecule has 1 N–H and O–H groups in total. The van der Waals surface area contributed by atoms with E-state index in [4.69, 9.17) is 9.47 Å². The van der Waals surface area contributed by atoms with E-state index in [9.17, 15) is 9.90 Å². The minimum Gasteiger partial charge on any atom is -0.505 e. The van der Waals surface area contributed by atoms with Gasteiger partial charge in [0.05, 0.1) is 6.61 Å². The van der Waals surface area contributed by atoms with Crippen LogP contribution in [-0.2, 0) is 4.74 Å². The third-order valence-electron chi connectivity index (χ3n) is 4.65. The van der Waals surface area contributed by atoms with Gasteiger partial charge in [0, 0.05) is 10.8 Å². The fourth-order valence-electron chi connectivity index (χ4n) is 3.27. The molecular formula is C23H24BrNO4. The van der Waals surface area contributed by atoms with Gasteiger partial charge in [0.15, 0.2) is 11.4 Å². The molecule has 0 radical (unpaired) electrons. The van der Waals surface area contributed by atoms with E-state index in [1.54, 1.807) is 12.1 Å². The van der Waals surface area contributed by atoms with Gasteiger partial charge in [-0.15, -0.1) is 0 Å². The summed E-state index contributed by atoms with van der Waals surface area (Å²) in [5.41, 5.74) is 3.12. The number of fused-ring (bicyclic) bond motifs is 1. The van der Waals surface area contributed by atoms with Gasteiger partial charge in [-0.25, -0.2) is 9.78 Å². The first kappa shape index (κ1) is 21.1. The zero-order chi connectivity index (χ0) is 21.1. The Balaban J connectivity index is 2.00. The van der Waals surface area contributed by atoms with Crippen LogP contribution in [-0.4, -0.2) is 22.7 Å². The molecule has 5 nitrogen and oxygen atoms in total. The summed E-state index contributed by atoms with van der Waals surface area (Å²) in [6.07, 6.45) is 1.67. The Labute approximate surface area is 178 Å². The first-order valence-corrected chi connectivity index (χ1v) is 10.4. The number of aromatic hydroxyl groups is 1. The summed E-state index contributed by atoms with van der Waals surface area (Å²) in [7, 11) is 0. The Morgan fingerprint density at radius 3 is 2.45 bits per heavy atom. The smallest absolute Gasteiger partial charge is 0.360 e. The molecule has 1 aromatic heterocycles. The molecule has 0 saturated heterocycles. The highest BCUT2D eigenvalue weighted by atomic mass is 79.9. The number of hydrogen-bond acceptors (Lipinski definition) is 5. The van der Waals surface area contributed by atoms with E-state index in [0.717, 1.165) is 29.7 Å². The molecule has 0 aliphatic carbocycles. The summed E-state index contributed by atoms with van der Waals surface area (Å²) in [5, 5.41) is 11.8. The molecule has 0 unspecified atom stereocenters. The molecule has 1 heterocycles. The number of rotatable bonds is 6. The Kier molecular flexibility index (Phi) is 6.42. The number of nitrogens with zero attached hydrogens (tertiary/aromatic N) is 1. The largest absolute Gasteiger partial charge is 0.505 e. The molecule has 0 fully saturated rings. The molecule has 0 bridgehead atoms. The molecule has 0 aliphatic heterocycles. The van der Waals surface area contributed by atoms with Crippen LogP contribution in [0.4, 0.5) is 0 Å². The third-order valence-corrected chi connectivity index (χ3v) is 5.26. The first-order chi connectivity index (χ1) is 13.8. The van der Waals surface area contributed by atoms with Gasteiger partial charge in [0.1, 0.15) is 16.1 Å². The van der Waals surface area contributed by atoms with Gasteiger partial charge in [-0.05, 0) is 72.4 Å². The Morgan fingerprint density at radius 1 is 1.10 bits per heavy atom. The number of ether oxygens (including phenoxy) is 2. The van der Waals surface area contributed by atoms with Gasteiger partial charge >= 0.3 is 5.97 Å². The second-order valence-electron chi connectivity index (χ2n) is 7.13. The van der Waals surface area contributed by atoms with Crippen molar-refractivity contribution in [2.75, 3.05) is 6.61 Å². The van der Waals surface area contributed by atoms with Crippen LogP contribution >= 0.6 is 15.9 Å². The number of halogens is 1. The van der Waals surface area contributed by atoms with Crippen LogP contribution in [0, 0.1) is 20.8 Å². The van der Waals surface area contributed by atoms with Crippen molar-refractivity contribution in [2.24, 2.45) is 0 Å². The Bertz CT molecular complexity index is 1060. The van der Waals surface area contributed by atoms with Gasteiger partial charge in [0.25, 0.3) is 0 Å². The van der Waals surface area contributed by atoms with Gasteiger partial charge in [-0.3, -0.25) is 0 Å². The van der Waals surface area contributed by atoms with E-state index >= 15 is 0 Å². The fourth-order valence-corrected chi connectivity index (χ4v) is 3.79. The van der Waals surface area contributed by atoms with Crippen molar-refractivity contribution in [1.29, 1.82) is 0 Å².